The first kappa shape index (κ1) is 20.0. The summed E-state index contributed by atoms with van der Waals surface area (Å²) in [5.74, 6) is 1.09. The van der Waals surface area contributed by atoms with Gasteiger partial charge in [0.25, 0.3) is 0 Å². The van der Waals surface area contributed by atoms with Gasteiger partial charge in [0.1, 0.15) is 18.4 Å². The van der Waals surface area contributed by atoms with Gasteiger partial charge < -0.3 is 19.9 Å². The molecule has 0 amide bonds. The normalized spacial score (nSPS) is 13.4. The van der Waals surface area contributed by atoms with Gasteiger partial charge in [0.05, 0.1) is 0 Å². The summed E-state index contributed by atoms with van der Waals surface area (Å²) in [6.45, 7) is 0.396. The van der Waals surface area contributed by atoms with Gasteiger partial charge in [-0.1, -0.05) is 33.6 Å². The summed E-state index contributed by atoms with van der Waals surface area (Å²) in [5.41, 5.74) is 5.77. The van der Waals surface area contributed by atoms with E-state index in [-0.39, 0.29) is 5.97 Å². The van der Waals surface area contributed by atoms with Crippen LogP contribution in [0.15, 0.2) is 30.3 Å². The molecule has 8 heteroatoms. The van der Waals surface area contributed by atoms with Crippen molar-refractivity contribution in [2.45, 2.75) is 25.3 Å². The van der Waals surface area contributed by atoms with E-state index in [9.17, 15) is 9.69 Å². The highest BCUT2D eigenvalue weighted by atomic mass is 127. The molecule has 1 aromatic carbocycles. The standard InChI is InChI=1S/C14H21INO4PS/c15-22-11-9-19-14(17)13(16)8-4-5-10-21(18)20-12-6-2-1-3-7-12/h1-3,6-7,13,18H,4-5,8-11,16H2. The van der Waals surface area contributed by atoms with Crippen LogP contribution in [0.4, 0.5) is 0 Å². The molecule has 0 saturated carbocycles. The molecule has 2 unspecified atom stereocenters. The Hall–Kier alpha value is -0.0800. The molecular formula is C14H21INO4PS. The van der Waals surface area contributed by atoms with Crippen molar-refractivity contribution in [3.8, 4) is 5.75 Å². The number of unbranched alkanes of at least 4 members (excludes halogenated alkanes) is 1. The Morgan fingerprint density at radius 2 is 2.09 bits per heavy atom. The van der Waals surface area contributed by atoms with Crippen LogP contribution in [-0.4, -0.2) is 35.4 Å². The first-order valence-electron chi connectivity index (χ1n) is 6.98. The molecule has 3 N–H and O–H groups in total. The van der Waals surface area contributed by atoms with Crippen LogP contribution in [0.5, 0.6) is 5.75 Å². The number of hydrogen-bond donors (Lipinski definition) is 2. The molecule has 0 bridgehead atoms. The van der Waals surface area contributed by atoms with Crippen molar-refractivity contribution in [3.05, 3.63) is 30.3 Å². The van der Waals surface area contributed by atoms with Gasteiger partial charge in [-0.15, -0.1) is 0 Å². The summed E-state index contributed by atoms with van der Waals surface area (Å²) in [4.78, 5) is 21.4. The van der Waals surface area contributed by atoms with E-state index in [1.54, 1.807) is 8.93 Å². The van der Waals surface area contributed by atoms with Crippen molar-refractivity contribution in [2.75, 3.05) is 18.5 Å². The molecule has 0 radical (unpaired) electrons. The van der Waals surface area contributed by atoms with Crippen LogP contribution in [0.2, 0.25) is 0 Å². The molecular weight excluding hydrogens is 436 g/mol. The molecule has 2 atom stereocenters. The predicted molar refractivity (Wildman–Crippen MR) is 100 cm³/mol. The van der Waals surface area contributed by atoms with E-state index in [1.165, 1.54) is 0 Å². The van der Waals surface area contributed by atoms with Gasteiger partial charge in [0, 0.05) is 11.9 Å². The van der Waals surface area contributed by atoms with E-state index < -0.39 is 14.4 Å². The van der Waals surface area contributed by atoms with E-state index in [0.717, 1.165) is 18.6 Å². The van der Waals surface area contributed by atoms with E-state index in [4.69, 9.17) is 15.0 Å². The summed E-state index contributed by atoms with van der Waals surface area (Å²) in [5, 5.41) is 0. The lowest BCUT2D eigenvalue weighted by Crippen LogP contribution is -2.32. The molecule has 5 nitrogen and oxygen atoms in total. The summed E-state index contributed by atoms with van der Waals surface area (Å²) in [7, 11) is 0.118. The number of carbonyl (C=O) groups is 1. The first-order valence-corrected chi connectivity index (χ1v) is 11.9. The van der Waals surface area contributed by atoms with Gasteiger partial charge in [-0.25, -0.2) is 0 Å². The van der Waals surface area contributed by atoms with Crippen LogP contribution >= 0.6 is 38.5 Å². The average Bonchev–Trinajstić information content (AvgIpc) is 2.52. The molecule has 1 aromatic rings. The first-order chi connectivity index (χ1) is 10.6. The maximum absolute atomic E-state index is 11.6. The number of rotatable bonds is 11. The topological polar surface area (TPSA) is 81.8 Å². The van der Waals surface area contributed by atoms with Gasteiger partial charge in [0.2, 0.25) is 8.38 Å². The maximum Gasteiger partial charge on any atom is 0.322 e. The van der Waals surface area contributed by atoms with Gasteiger partial charge in [-0.05, 0) is 46.2 Å². The SMILES string of the molecule is NC(CCCCP(O)Oc1ccccc1)C(=O)OCCSI. The fourth-order valence-electron chi connectivity index (χ4n) is 1.66. The van der Waals surface area contributed by atoms with Gasteiger partial charge in [-0.3, -0.25) is 4.79 Å². The minimum Gasteiger partial charge on any atom is -0.464 e. The fraction of sp³-hybridized carbons (Fsp3) is 0.500. The third kappa shape index (κ3) is 9.15. The van der Waals surface area contributed by atoms with Crippen molar-refractivity contribution in [3.63, 3.8) is 0 Å². The van der Waals surface area contributed by atoms with Crippen LogP contribution in [0, 0.1) is 0 Å². The highest BCUT2D eigenvalue weighted by Crippen LogP contribution is 2.34. The Morgan fingerprint density at radius 3 is 2.77 bits per heavy atom. The monoisotopic (exact) mass is 457 g/mol. The fourth-order valence-corrected chi connectivity index (χ4v) is 3.29. The van der Waals surface area contributed by atoms with Gasteiger partial charge in [0.15, 0.2) is 0 Å². The molecule has 124 valence electrons. The highest BCUT2D eigenvalue weighted by Gasteiger charge is 2.15. The van der Waals surface area contributed by atoms with Gasteiger partial charge in [-0.2, -0.15) is 0 Å². The second kappa shape index (κ2) is 12.4. The molecule has 0 aliphatic heterocycles. The number of nitrogens with two attached hydrogens (primary N) is 1. The molecule has 0 aliphatic carbocycles. The molecule has 22 heavy (non-hydrogen) atoms. The number of para-hydroxylation sites is 1. The van der Waals surface area contributed by atoms with Gasteiger partial charge >= 0.3 is 5.97 Å². The molecule has 0 aromatic heterocycles. The lowest BCUT2D eigenvalue weighted by atomic mass is 10.1. The minimum atomic E-state index is -1.48. The Morgan fingerprint density at radius 1 is 1.36 bits per heavy atom. The lowest BCUT2D eigenvalue weighted by molar-refractivity contribution is -0.144. The summed E-state index contributed by atoms with van der Waals surface area (Å²) in [6, 6.07) is 8.65. The Bertz CT molecular complexity index is 427. The zero-order valence-electron chi connectivity index (χ0n) is 12.2. The second-order valence-electron chi connectivity index (χ2n) is 4.56. The lowest BCUT2D eigenvalue weighted by Gasteiger charge is -2.13. The number of ether oxygens (including phenoxy) is 1. The van der Waals surface area contributed by atoms with Crippen molar-refractivity contribution in [2.24, 2.45) is 5.73 Å². The molecule has 1 rings (SSSR count). The quantitative estimate of drug-likeness (QED) is 0.229. The summed E-state index contributed by atoms with van der Waals surface area (Å²) >= 11 is 2.15. The third-order valence-electron chi connectivity index (χ3n) is 2.78. The molecule has 0 heterocycles. The number of esters is 1. The minimum absolute atomic E-state index is 0.350. The van der Waals surface area contributed by atoms with Crippen LogP contribution in [0.1, 0.15) is 19.3 Å². The van der Waals surface area contributed by atoms with Crippen LogP contribution in [0.3, 0.4) is 0 Å². The molecule has 0 spiro atoms. The van der Waals surface area contributed by atoms with E-state index >= 15 is 0 Å². The Balaban J connectivity index is 2.10. The Kier molecular flexibility index (Phi) is 11.2. The van der Waals surface area contributed by atoms with E-state index in [1.807, 2.05) is 30.3 Å². The van der Waals surface area contributed by atoms with Crippen LogP contribution < -0.4 is 10.3 Å². The number of carbonyl (C=O) groups excluding carboxylic acids is 1. The predicted octanol–water partition coefficient (Wildman–Crippen LogP) is 3.49. The largest absolute Gasteiger partial charge is 0.464 e. The summed E-state index contributed by atoms with van der Waals surface area (Å²) in [6.07, 6.45) is 2.65. The average molecular weight is 457 g/mol. The number of benzene rings is 1. The number of halogens is 1. The van der Waals surface area contributed by atoms with Crippen molar-refractivity contribution >= 4 is 44.5 Å². The van der Waals surface area contributed by atoms with Crippen LogP contribution in [0.25, 0.3) is 0 Å². The molecule has 0 saturated heterocycles. The van der Waals surface area contributed by atoms with Crippen molar-refractivity contribution < 1.29 is 18.9 Å². The summed E-state index contributed by atoms with van der Waals surface area (Å²) < 4.78 is 10.5. The van der Waals surface area contributed by atoms with Crippen LogP contribution in [-0.2, 0) is 9.53 Å². The van der Waals surface area contributed by atoms with E-state index in [0.29, 0.717) is 24.9 Å². The highest BCUT2D eigenvalue weighted by molar-refractivity contribution is 14.2. The maximum atomic E-state index is 11.6. The van der Waals surface area contributed by atoms with E-state index in [2.05, 4.69) is 21.2 Å². The smallest absolute Gasteiger partial charge is 0.322 e. The molecule has 0 fully saturated rings. The third-order valence-corrected chi connectivity index (χ3v) is 5.54. The Labute approximate surface area is 148 Å². The zero-order valence-corrected chi connectivity index (χ0v) is 16.1. The number of hydrogen-bond acceptors (Lipinski definition) is 6. The van der Waals surface area contributed by atoms with Crippen molar-refractivity contribution in [1.82, 2.24) is 0 Å². The van der Waals surface area contributed by atoms with Crippen molar-refractivity contribution in [1.29, 1.82) is 0 Å². The second-order valence-corrected chi connectivity index (χ2v) is 8.39. The zero-order chi connectivity index (χ0) is 16.2. The molecule has 0 aliphatic rings.